The third kappa shape index (κ3) is 5.09. The molecule has 5 heteroatoms. The van der Waals surface area contributed by atoms with Crippen LogP contribution < -0.4 is 0 Å². The molecule has 0 N–H and O–H groups in total. The van der Waals surface area contributed by atoms with E-state index < -0.39 is 0 Å². The van der Waals surface area contributed by atoms with Gasteiger partial charge in [0.2, 0.25) is 5.95 Å². The second-order valence-corrected chi connectivity index (χ2v) is 15.7. The standard InChI is InChI=1S/C47H44N4.CH5P/c1-9-17-30(24-27(3)10-2)44-48-43(29-18-12-11-13-19-29)49-45(50-44)51-37-23-15-14-20-32(37)33-26-36-40-39-35(46(36,5)6)25-28(4)31-21-16-22-34(38(31)39)47(7,8)41(40)42(33)51;1-2/h9,11-27H,10H2,1-8H3;2H2,1H3/b17-9-,30-24+;. The highest BCUT2D eigenvalue weighted by molar-refractivity contribution is 7.15. The summed E-state index contributed by atoms with van der Waals surface area (Å²) in [6.45, 7) is 20.4. The van der Waals surface area contributed by atoms with Gasteiger partial charge in [0.05, 0.1) is 11.0 Å². The third-order valence-corrected chi connectivity index (χ3v) is 11.8. The van der Waals surface area contributed by atoms with Crippen LogP contribution in [0.4, 0.5) is 0 Å². The smallest absolute Gasteiger partial charge is 0.238 e. The van der Waals surface area contributed by atoms with Crippen LogP contribution in [0.15, 0.2) is 103 Å². The molecule has 2 unspecified atom stereocenters. The van der Waals surface area contributed by atoms with Gasteiger partial charge in [0.1, 0.15) is 0 Å². The summed E-state index contributed by atoms with van der Waals surface area (Å²) in [6.07, 6.45) is 7.54. The molecule has 0 fully saturated rings. The van der Waals surface area contributed by atoms with Gasteiger partial charge in [0.25, 0.3) is 0 Å². The molecule has 53 heavy (non-hydrogen) atoms. The highest BCUT2D eigenvalue weighted by Gasteiger charge is 2.47. The number of rotatable bonds is 6. The second kappa shape index (κ2) is 12.9. The molecule has 2 heterocycles. The number of hydrogen-bond acceptors (Lipinski definition) is 3. The molecule has 9 rings (SSSR count). The first-order valence-electron chi connectivity index (χ1n) is 19.0. The van der Waals surface area contributed by atoms with Crippen molar-refractivity contribution in [1.29, 1.82) is 0 Å². The van der Waals surface area contributed by atoms with Gasteiger partial charge < -0.3 is 0 Å². The number of hydrogen-bond donors (Lipinski definition) is 0. The first-order chi connectivity index (χ1) is 25.6. The van der Waals surface area contributed by atoms with E-state index in [-0.39, 0.29) is 10.8 Å². The van der Waals surface area contributed by atoms with Crippen LogP contribution in [0.5, 0.6) is 0 Å². The molecule has 266 valence electrons. The Morgan fingerprint density at radius 2 is 1.47 bits per heavy atom. The van der Waals surface area contributed by atoms with E-state index in [4.69, 9.17) is 15.0 Å². The van der Waals surface area contributed by atoms with Gasteiger partial charge in [-0.15, -0.1) is 9.24 Å². The van der Waals surface area contributed by atoms with Crippen molar-refractivity contribution < 1.29 is 0 Å². The highest BCUT2D eigenvalue weighted by atomic mass is 31.0. The number of fused-ring (bicyclic) bond motifs is 4. The summed E-state index contributed by atoms with van der Waals surface area (Å²) in [5.74, 6) is 2.37. The van der Waals surface area contributed by atoms with Crippen LogP contribution in [0, 0.1) is 12.8 Å². The highest BCUT2D eigenvalue weighted by Crippen LogP contribution is 2.62. The topological polar surface area (TPSA) is 43.6 Å². The van der Waals surface area contributed by atoms with Crippen molar-refractivity contribution in [2.75, 3.05) is 6.66 Å². The van der Waals surface area contributed by atoms with Crippen LogP contribution in [0.1, 0.15) is 88.5 Å². The molecular weight excluding hydrogens is 664 g/mol. The van der Waals surface area contributed by atoms with Gasteiger partial charge in [-0.3, -0.25) is 4.57 Å². The molecule has 7 aromatic rings. The van der Waals surface area contributed by atoms with Crippen molar-refractivity contribution in [2.24, 2.45) is 5.92 Å². The fraction of sp³-hybridized carbons (Fsp3) is 0.271. The van der Waals surface area contributed by atoms with Crippen molar-refractivity contribution in [1.82, 2.24) is 19.5 Å². The van der Waals surface area contributed by atoms with Gasteiger partial charge in [-0.25, -0.2) is 4.98 Å². The maximum Gasteiger partial charge on any atom is 0.238 e. The SMILES string of the molecule is C/C=C\C(=C/C(C)CC)c1nc(-c2ccccc2)nc(-n2c3ccccc3c3cc4c5c(c32)C(C)(C)c2cccc3c(C)cc(c-5c23)C4(C)C)n1.CP. The van der Waals surface area contributed by atoms with Crippen LogP contribution in [0.2, 0.25) is 0 Å². The normalized spacial score (nSPS) is 15.7. The third-order valence-electron chi connectivity index (χ3n) is 11.8. The van der Waals surface area contributed by atoms with E-state index in [0.717, 1.165) is 23.1 Å². The molecular formula is C48H49N4P. The number of aromatic nitrogens is 4. The number of nitrogens with zero attached hydrogens (tertiary/aromatic N) is 4. The molecule has 0 radical (unpaired) electrons. The number of allylic oxidation sites excluding steroid dienone is 4. The monoisotopic (exact) mass is 712 g/mol. The minimum atomic E-state index is -0.293. The average Bonchev–Trinajstić information content (AvgIpc) is 3.62. The molecule has 2 aromatic heterocycles. The molecule has 0 bridgehead atoms. The summed E-state index contributed by atoms with van der Waals surface area (Å²) in [6, 6.07) is 31.0. The Bertz CT molecular complexity index is 2660. The molecule has 2 aliphatic rings. The lowest BCUT2D eigenvalue weighted by Gasteiger charge is -2.36. The van der Waals surface area contributed by atoms with Crippen molar-refractivity contribution in [2.45, 2.75) is 72.6 Å². The molecule has 0 saturated carbocycles. The Labute approximate surface area is 316 Å². The Morgan fingerprint density at radius 3 is 2.21 bits per heavy atom. The summed E-state index contributed by atoms with van der Waals surface area (Å²) >= 11 is 0. The summed E-state index contributed by atoms with van der Waals surface area (Å²) < 4.78 is 2.35. The minimum Gasteiger partial charge on any atom is -0.277 e. The predicted octanol–water partition coefficient (Wildman–Crippen LogP) is 12.5. The van der Waals surface area contributed by atoms with Crippen LogP contribution in [-0.2, 0) is 10.8 Å². The van der Waals surface area contributed by atoms with Gasteiger partial charge >= 0.3 is 0 Å². The lowest BCUT2D eigenvalue weighted by Crippen LogP contribution is -2.25. The van der Waals surface area contributed by atoms with Crippen LogP contribution in [0.3, 0.4) is 0 Å². The second-order valence-electron chi connectivity index (χ2n) is 15.7. The van der Waals surface area contributed by atoms with Crippen LogP contribution >= 0.6 is 9.24 Å². The summed E-state index contributed by atoms with van der Waals surface area (Å²) in [7, 11) is 2.42. The molecule has 2 aliphatic carbocycles. The predicted molar refractivity (Wildman–Crippen MR) is 229 cm³/mol. The van der Waals surface area contributed by atoms with Crippen molar-refractivity contribution in [3.8, 4) is 28.5 Å². The summed E-state index contributed by atoms with van der Waals surface area (Å²) in [4.78, 5) is 15.9. The number of para-hydroxylation sites is 1. The lowest BCUT2D eigenvalue weighted by molar-refractivity contribution is 0.643. The van der Waals surface area contributed by atoms with E-state index in [9.17, 15) is 0 Å². The molecule has 0 amide bonds. The number of aryl methyl sites for hydroxylation is 1. The summed E-state index contributed by atoms with van der Waals surface area (Å²) in [5.41, 5.74) is 13.5. The van der Waals surface area contributed by atoms with Gasteiger partial charge in [0, 0.05) is 32.7 Å². The fourth-order valence-electron chi connectivity index (χ4n) is 9.02. The van der Waals surface area contributed by atoms with Gasteiger partial charge in [-0.2, -0.15) is 9.97 Å². The first kappa shape index (κ1) is 35.1. The fourth-order valence-corrected chi connectivity index (χ4v) is 9.02. The van der Waals surface area contributed by atoms with Crippen LogP contribution in [0.25, 0.3) is 66.6 Å². The Balaban J connectivity index is 0.00000197. The van der Waals surface area contributed by atoms with Crippen LogP contribution in [-0.4, -0.2) is 26.2 Å². The zero-order valence-electron chi connectivity index (χ0n) is 32.5. The van der Waals surface area contributed by atoms with Crippen molar-refractivity contribution >= 4 is 47.4 Å². The summed E-state index contributed by atoms with van der Waals surface area (Å²) in [5, 5.41) is 5.22. The largest absolute Gasteiger partial charge is 0.277 e. The van der Waals surface area contributed by atoms with E-state index in [1.165, 1.54) is 66.0 Å². The average molecular weight is 713 g/mol. The molecule has 4 nitrogen and oxygen atoms in total. The van der Waals surface area contributed by atoms with E-state index >= 15 is 0 Å². The zero-order chi connectivity index (χ0) is 37.4. The van der Waals surface area contributed by atoms with Crippen molar-refractivity contribution in [3.05, 3.63) is 137 Å². The number of benzene rings is 5. The lowest BCUT2D eigenvalue weighted by atomic mass is 9.67. The van der Waals surface area contributed by atoms with Crippen molar-refractivity contribution in [3.63, 3.8) is 0 Å². The molecule has 0 spiro atoms. The van der Waals surface area contributed by atoms with Gasteiger partial charge in [-0.1, -0.05) is 146 Å². The minimum absolute atomic E-state index is 0.147. The molecule has 5 aromatic carbocycles. The van der Waals surface area contributed by atoms with E-state index in [0.29, 0.717) is 23.5 Å². The van der Waals surface area contributed by atoms with E-state index in [1.54, 1.807) is 0 Å². The van der Waals surface area contributed by atoms with Gasteiger partial charge in [-0.05, 0) is 81.6 Å². The molecule has 0 saturated heterocycles. The maximum atomic E-state index is 5.38. The van der Waals surface area contributed by atoms with E-state index in [1.807, 2.05) is 12.7 Å². The van der Waals surface area contributed by atoms with E-state index in [2.05, 4.69) is 166 Å². The quantitative estimate of drug-likeness (QED) is 0.127. The molecule has 2 atom stereocenters. The zero-order valence-corrected chi connectivity index (χ0v) is 33.6. The Kier molecular flexibility index (Phi) is 8.54. The Morgan fingerprint density at radius 1 is 0.774 bits per heavy atom. The maximum absolute atomic E-state index is 5.38. The van der Waals surface area contributed by atoms with Gasteiger partial charge in [0.15, 0.2) is 11.6 Å². The molecule has 0 aliphatic heterocycles. The first-order valence-corrected chi connectivity index (χ1v) is 20.1. The Hall–Kier alpha value is -4.92.